The van der Waals surface area contributed by atoms with E-state index >= 15 is 0 Å². The highest BCUT2D eigenvalue weighted by atomic mass is 16.5. The average Bonchev–Trinajstić information content (AvgIpc) is 3.27. The molecule has 0 aliphatic carbocycles. The number of fused-ring (bicyclic) bond motifs is 2. The maximum atomic E-state index is 14.3. The Morgan fingerprint density at radius 3 is 2.33 bits per heavy atom. The lowest BCUT2D eigenvalue weighted by Crippen LogP contribution is -2.55. The van der Waals surface area contributed by atoms with Crippen LogP contribution in [-0.4, -0.2) is 78.8 Å². The number of benzene rings is 2. The van der Waals surface area contributed by atoms with Crippen molar-refractivity contribution in [2.24, 2.45) is 11.8 Å². The van der Waals surface area contributed by atoms with Gasteiger partial charge in [0.2, 0.25) is 11.8 Å². The number of aliphatic hydroxyl groups excluding tert-OH is 1. The van der Waals surface area contributed by atoms with Crippen LogP contribution in [0, 0.1) is 11.8 Å². The van der Waals surface area contributed by atoms with Gasteiger partial charge in [-0.15, -0.1) is 0 Å². The second-order valence-corrected chi connectivity index (χ2v) is 10.2. The van der Waals surface area contributed by atoms with Crippen LogP contribution in [0.4, 0.5) is 11.4 Å². The summed E-state index contributed by atoms with van der Waals surface area (Å²) in [7, 11) is 1.58. The number of hydrogen-bond donors (Lipinski definition) is 1. The molecular weight excluding hydrogens is 498 g/mol. The van der Waals surface area contributed by atoms with E-state index in [9.17, 15) is 19.5 Å². The number of carbonyl (C=O) groups is 3. The summed E-state index contributed by atoms with van der Waals surface area (Å²) in [6.07, 6.45) is 7.08. The first-order valence-electron chi connectivity index (χ1n) is 13.3. The topological polar surface area (TPSA) is 99.6 Å². The van der Waals surface area contributed by atoms with E-state index in [4.69, 9.17) is 9.47 Å². The molecule has 4 aliphatic rings. The number of amides is 3. The van der Waals surface area contributed by atoms with Crippen molar-refractivity contribution in [1.82, 2.24) is 4.90 Å². The van der Waals surface area contributed by atoms with Crippen LogP contribution in [-0.2, 0) is 19.1 Å². The van der Waals surface area contributed by atoms with Crippen LogP contribution in [0.3, 0.4) is 0 Å². The molecule has 1 spiro atoms. The minimum absolute atomic E-state index is 0.128. The molecule has 0 saturated carbocycles. The molecule has 0 radical (unpaired) electrons. The molecular formula is C30H31N3O6. The monoisotopic (exact) mass is 529 g/mol. The Morgan fingerprint density at radius 2 is 1.62 bits per heavy atom. The lowest BCUT2D eigenvalue weighted by molar-refractivity contribution is -0.140. The number of ether oxygens (including phenoxy) is 2. The van der Waals surface area contributed by atoms with E-state index in [1.807, 2.05) is 54.6 Å². The van der Waals surface area contributed by atoms with Gasteiger partial charge in [0.05, 0.1) is 25.0 Å². The van der Waals surface area contributed by atoms with Crippen LogP contribution in [0.1, 0.15) is 6.42 Å². The molecule has 2 fully saturated rings. The van der Waals surface area contributed by atoms with Gasteiger partial charge in [-0.1, -0.05) is 42.5 Å². The number of nitrogens with zero attached hydrogens (tertiary/aromatic N) is 3. The Morgan fingerprint density at radius 1 is 0.923 bits per heavy atom. The van der Waals surface area contributed by atoms with E-state index in [0.29, 0.717) is 24.4 Å². The molecule has 3 amide bonds. The van der Waals surface area contributed by atoms with Crippen molar-refractivity contribution in [3.8, 4) is 5.75 Å². The fourth-order valence-corrected chi connectivity index (χ4v) is 6.45. The van der Waals surface area contributed by atoms with Crippen molar-refractivity contribution < 1.29 is 29.0 Å². The zero-order valence-corrected chi connectivity index (χ0v) is 21.7. The van der Waals surface area contributed by atoms with Gasteiger partial charge < -0.3 is 29.3 Å². The number of methoxy groups -OCH3 is 1. The molecule has 4 aliphatic heterocycles. The quantitative estimate of drug-likeness (QED) is 0.576. The number of likely N-dealkylation sites (tertiary alicyclic amines) is 1. The molecule has 9 nitrogen and oxygen atoms in total. The molecule has 2 aromatic rings. The van der Waals surface area contributed by atoms with E-state index in [-0.39, 0.29) is 37.4 Å². The molecule has 2 aromatic carbocycles. The van der Waals surface area contributed by atoms with Gasteiger partial charge in [0, 0.05) is 37.6 Å². The number of aliphatic hydroxyl groups is 1. The number of para-hydroxylation sites is 1. The number of hydrogen-bond acceptors (Lipinski definition) is 6. The minimum Gasteiger partial charge on any atom is -0.497 e. The first-order valence-corrected chi connectivity index (χ1v) is 13.3. The van der Waals surface area contributed by atoms with Crippen LogP contribution in [0.25, 0.3) is 0 Å². The van der Waals surface area contributed by atoms with E-state index in [1.165, 1.54) is 4.90 Å². The summed E-state index contributed by atoms with van der Waals surface area (Å²) in [5.74, 6) is -1.78. The zero-order chi connectivity index (χ0) is 27.1. The third-order valence-electron chi connectivity index (χ3n) is 8.17. The largest absolute Gasteiger partial charge is 0.497 e. The molecule has 5 atom stereocenters. The summed E-state index contributed by atoms with van der Waals surface area (Å²) < 4.78 is 11.9. The molecule has 39 heavy (non-hydrogen) atoms. The first kappa shape index (κ1) is 25.3. The van der Waals surface area contributed by atoms with Crippen LogP contribution < -0.4 is 14.5 Å². The van der Waals surface area contributed by atoms with Crippen LogP contribution in [0.2, 0.25) is 0 Å². The summed E-state index contributed by atoms with van der Waals surface area (Å²) in [5.41, 5.74) is 0.102. The Labute approximate surface area is 226 Å². The van der Waals surface area contributed by atoms with Crippen molar-refractivity contribution in [1.29, 1.82) is 0 Å². The molecule has 1 N–H and O–H groups in total. The summed E-state index contributed by atoms with van der Waals surface area (Å²) in [5, 5.41) is 9.58. The maximum Gasteiger partial charge on any atom is 0.253 e. The predicted molar refractivity (Wildman–Crippen MR) is 144 cm³/mol. The van der Waals surface area contributed by atoms with Crippen LogP contribution in [0.15, 0.2) is 78.9 Å². The molecule has 9 heteroatoms. The van der Waals surface area contributed by atoms with Crippen molar-refractivity contribution in [3.05, 3.63) is 78.9 Å². The summed E-state index contributed by atoms with van der Waals surface area (Å²) >= 11 is 0. The second kappa shape index (κ2) is 9.98. The van der Waals surface area contributed by atoms with Crippen molar-refractivity contribution >= 4 is 29.1 Å². The molecule has 202 valence electrons. The standard InChI is InChI=1S/C30H31N3O6/c1-38-22-13-11-21(12-14-22)32-17-6-15-30-25(28(36)33(18-7-19-34)26(30)29(32)37)24-23(39-30)10-5-16-31(27(24)35)20-8-3-2-4-9-20/h2-6,8-15,23-26,34H,7,16-19H2,1H3/t23-,24+,25+,26?,30+/m1/s1. The Balaban J connectivity index is 1.42. The average molecular weight is 530 g/mol. The SMILES string of the molecule is COc1ccc(N2CC=C[C@]34O[C@@H]5C=CCN(c6ccccc6)C(=O)[C@@H]5[C@H]3C(=O)N(CCCO)C4C2=O)cc1. The zero-order valence-electron chi connectivity index (χ0n) is 21.7. The van der Waals surface area contributed by atoms with Gasteiger partial charge in [-0.05, 0) is 42.8 Å². The van der Waals surface area contributed by atoms with E-state index in [2.05, 4.69) is 0 Å². The van der Waals surface area contributed by atoms with Crippen LogP contribution >= 0.6 is 0 Å². The van der Waals surface area contributed by atoms with Crippen molar-refractivity contribution in [2.45, 2.75) is 24.2 Å². The Kier molecular flexibility index (Phi) is 6.48. The fraction of sp³-hybridized carbons (Fsp3) is 0.367. The third kappa shape index (κ3) is 3.95. The van der Waals surface area contributed by atoms with Gasteiger partial charge >= 0.3 is 0 Å². The Hall–Kier alpha value is -3.95. The molecule has 2 saturated heterocycles. The van der Waals surface area contributed by atoms with E-state index in [0.717, 1.165) is 5.69 Å². The van der Waals surface area contributed by atoms with Gasteiger partial charge in [0.1, 0.15) is 17.4 Å². The second-order valence-electron chi connectivity index (χ2n) is 10.2. The minimum atomic E-state index is -1.31. The summed E-state index contributed by atoms with van der Waals surface area (Å²) in [6.45, 7) is 0.708. The molecule has 6 rings (SSSR count). The van der Waals surface area contributed by atoms with Crippen molar-refractivity contribution in [2.75, 3.05) is 43.2 Å². The first-order chi connectivity index (χ1) is 19.0. The predicted octanol–water partition coefficient (Wildman–Crippen LogP) is 2.16. The number of anilines is 2. The van der Waals surface area contributed by atoms with Gasteiger partial charge in [0.15, 0.2) is 0 Å². The van der Waals surface area contributed by atoms with Crippen LogP contribution in [0.5, 0.6) is 5.75 Å². The fourth-order valence-electron chi connectivity index (χ4n) is 6.45. The van der Waals surface area contributed by atoms with Crippen molar-refractivity contribution in [3.63, 3.8) is 0 Å². The van der Waals surface area contributed by atoms with E-state index < -0.39 is 29.6 Å². The van der Waals surface area contributed by atoms with Gasteiger partial charge in [0.25, 0.3) is 5.91 Å². The molecule has 0 bridgehead atoms. The van der Waals surface area contributed by atoms with Gasteiger partial charge in [-0.2, -0.15) is 0 Å². The van der Waals surface area contributed by atoms with Gasteiger partial charge in [-0.3, -0.25) is 14.4 Å². The van der Waals surface area contributed by atoms with E-state index in [1.54, 1.807) is 41.2 Å². The molecule has 0 aromatic heterocycles. The highest BCUT2D eigenvalue weighted by molar-refractivity contribution is 6.07. The Bertz CT molecular complexity index is 1330. The maximum absolute atomic E-state index is 14.3. The highest BCUT2D eigenvalue weighted by Crippen LogP contribution is 2.53. The normalized spacial score (nSPS) is 29.7. The smallest absolute Gasteiger partial charge is 0.253 e. The molecule has 1 unspecified atom stereocenters. The summed E-state index contributed by atoms with van der Waals surface area (Å²) in [4.78, 5) is 47.3. The third-order valence-corrected chi connectivity index (χ3v) is 8.17. The number of rotatable bonds is 6. The lowest BCUT2D eigenvalue weighted by atomic mass is 9.77. The van der Waals surface area contributed by atoms with Gasteiger partial charge in [-0.25, -0.2) is 0 Å². The summed E-state index contributed by atoms with van der Waals surface area (Å²) in [6, 6.07) is 15.6. The lowest BCUT2D eigenvalue weighted by Gasteiger charge is -2.35. The molecule has 4 heterocycles. The highest BCUT2D eigenvalue weighted by Gasteiger charge is 2.71. The number of carbonyl (C=O) groups excluding carboxylic acids is 3.